The molecule has 0 aromatic heterocycles. The molecule has 0 spiro atoms. The SMILES string of the molecule is Br.CN1C=CSC1. The van der Waals surface area contributed by atoms with Gasteiger partial charge in [-0.25, -0.2) is 0 Å². The molecule has 0 bridgehead atoms. The summed E-state index contributed by atoms with van der Waals surface area (Å²) in [6.07, 6.45) is 2.07. The molecule has 1 rings (SSSR count). The van der Waals surface area contributed by atoms with Gasteiger partial charge in [0.1, 0.15) is 0 Å². The Labute approximate surface area is 58.5 Å². The molecule has 1 aliphatic rings. The molecule has 0 aliphatic carbocycles. The van der Waals surface area contributed by atoms with Crippen molar-refractivity contribution in [1.82, 2.24) is 4.90 Å². The zero-order valence-corrected chi connectivity index (χ0v) is 6.66. The molecule has 42 valence electrons. The lowest BCUT2D eigenvalue weighted by atomic mass is 10.9. The maximum Gasteiger partial charge on any atom is 0.0671 e. The van der Waals surface area contributed by atoms with Gasteiger partial charge in [-0.05, 0) is 5.41 Å². The Hall–Kier alpha value is 0.370. The summed E-state index contributed by atoms with van der Waals surface area (Å²) in [7, 11) is 2.07. The molecule has 0 aromatic rings. The summed E-state index contributed by atoms with van der Waals surface area (Å²) in [4.78, 5) is 2.14. The topological polar surface area (TPSA) is 3.24 Å². The van der Waals surface area contributed by atoms with E-state index in [0.717, 1.165) is 5.88 Å². The molecule has 0 N–H and O–H groups in total. The van der Waals surface area contributed by atoms with Crippen molar-refractivity contribution >= 4 is 28.7 Å². The van der Waals surface area contributed by atoms with Crippen LogP contribution >= 0.6 is 28.7 Å². The van der Waals surface area contributed by atoms with Gasteiger partial charge in [-0.2, -0.15) is 0 Å². The molecule has 1 nitrogen and oxygen atoms in total. The summed E-state index contributed by atoms with van der Waals surface area (Å²) in [5, 5.41) is 2.10. The Kier molecular flexibility index (Phi) is 3.56. The Balaban J connectivity index is 0.000000360. The van der Waals surface area contributed by atoms with Crippen molar-refractivity contribution in [1.29, 1.82) is 0 Å². The lowest BCUT2D eigenvalue weighted by Crippen LogP contribution is -2.02. The van der Waals surface area contributed by atoms with Crippen LogP contribution < -0.4 is 0 Å². The summed E-state index contributed by atoms with van der Waals surface area (Å²) < 4.78 is 0. The van der Waals surface area contributed by atoms with Crippen molar-refractivity contribution in [3.63, 3.8) is 0 Å². The molecule has 0 radical (unpaired) electrons. The van der Waals surface area contributed by atoms with E-state index >= 15 is 0 Å². The van der Waals surface area contributed by atoms with Crippen LogP contribution in [0, 0.1) is 0 Å². The molecular formula is C4H8BrNS. The van der Waals surface area contributed by atoms with E-state index in [1.807, 2.05) is 11.8 Å². The first-order valence-electron chi connectivity index (χ1n) is 1.88. The largest absolute Gasteiger partial charge is 0.370 e. The predicted molar refractivity (Wildman–Crippen MR) is 39.7 cm³/mol. The molecule has 0 amide bonds. The first-order chi connectivity index (χ1) is 2.89. The van der Waals surface area contributed by atoms with Crippen LogP contribution in [-0.4, -0.2) is 17.8 Å². The summed E-state index contributed by atoms with van der Waals surface area (Å²) >= 11 is 1.83. The van der Waals surface area contributed by atoms with Crippen LogP contribution in [0.15, 0.2) is 11.6 Å². The zero-order valence-electron chi connectivity index (χ0n) is 4.13. The highest BCUT2D eigenvalue weighted by Gasteiger charge is 1.93. The molecule has 0 saturated heterocycles. The third-order valence-electron chi connectivity index (χ3n) is 0.690. The van der Waals surface area contributed by atoms with Crippen molar-refractivity contribution in [2.24, 2.45) is 0 Å². The van der Waals surface area contributed by atoms with E-state index in [1.54, 1.807) is 0 Å². The maximum atomic E-state index is 2.14. The Morgan fingerprint density at radius 3 is 2.57 bits per heavy atom. The first-order valence-corrected chi connectivity index (χ1v) is 2.93. The Morgan fingerprint density at radius 2 is 2.43 bits per heavy atom. The van der Waals surface area contributed by atoms with Crippen LogP contribution in [0.5, 0.6) is 0 Å². The summed E-state index contributed by atoms with van der Waals surface area (Å²) in [6, 6.07) is 0. The number of hydrogen-bond acceptors (Lipinski definition) is 2. The molecule has 0 unspecified atom stereocenters. The minimum Gasteiger partial charge on any atom is -0.370 e. The average Bonchev–Trinajstić information content (AvgIpc) is 1.86. The molecule has 3 heteroatoms. The summed E-state index contributed by atoms with van der Waals surface area (Å²) in [5.41, 5.74) is 0. The predicted octanol–water partition coefficient (Wildman–Crippen LogP) is 1.67. The average molecular weight is 182 g/mol. The molecule has 0 fully saturated rings. The van der Waals surface area contributed by atoms with E-state index in [2.05, 4.69) is 23.6 Å². The standard InChI is InChI=1S/C4H7NS.BrH/c1-5-2-3-6-4-5;/h2-3H,4H2,1H3;1H. The van der Waals surface area contributed by atoms with Crippen LogP contribution in [0.4, 0.5) is 0 Å². The van der Waals surface area contributed by atoms with Gasteiger partial charge in [-0.3, -0.25) is 0 Å². The number of hydrogen-bond donors (Lipinski definition) is 0. The highest BCUT2D eigenvalue weighted by atomic mass is 79.9. The minimum atomic E-state index is 0. The molecule has 1 heterocycles. The van der Waals surface area contributed by atoms with Crippen LogP contribution in [-0.2, 0) is 0 Å². The first kappa shape index (κ1) is 7.37. The fourth-order valence-electron chi connectivity index (χ4n) is 0.351. The maximum absolute atomic E-state index is 2.14. The van der Waals surface area contributed by atoms with E-state index in [9.17, 15) is 0 Å². The molecule has 0 aromatic carbocycles. The second-order valence-electron chi connectivity index (χ2n) is 1.34. The monoisotopic (exact) mass is 181 g/mol. The van der Waals surface area contributed by atoms with Gasteiger partial charge in [0.05, 0.1) is 5.88 Å². The van der Waals surface area contributed by atoms with E-state index in [-0.39, 0.29) is 17.0 Å². The fraction of sp³-hybridized carbons (Fsp3) is 0.500. The highest BCUT2D eigenvalue weighted by molar-refractivity contribution is 8.93. The van der Waals surface area contributed by atoms with Crippen molar-refractivity contribution in [2.45, 2.75) is 0 Å². The van der Waals surface area contributed by atoms with Gasteiger partial charge in [0, 0.05) is 13.2 Å². The quantitative estimate of drug-likeness (QED) is 0.560. The minimum absolute atomic E-state index is 0. The lowest BCUT2D eigenvalue weighted by molar-refractivity contribution is 0.552. The van der Waals surface area contributed by atoms with E-state index < -0.39 is 0 Å². The molecular weight excluding hydrogens is 174 g/mol. The van der Waals surface area contributed by atoms with Crippen LogP contribution in [0.2, 0.25) is 0 Å². The van der Waals surface area contributed by atoms with E-state index in [0.29, 0.717) is 0 Å². The van der Waals surface area contributed by atoms with Crippen molar-refractivity contribution in [3.8, 4) is 0 Å². The van der Waals surface area contributed by atoms with Crippen molar-refractivity contribution in [2.75, 3.05) is 12.9 Å². The van der Waals surface area contributed by atoms with Gasteiger partial charge in [0.2, 0.25) is 0 Å². The van der Waals surface area contributed by atoms with Crippen molar-refractivity contribution in [3.05, 3.63) is 11.6 Å². The van der Waals surface area contributed by atoms with Crippen LogP contribution in [0.1, 0.15) is 0 Å². The molecule has 7 heavy (non-hydrogen) atoms. The highest BCUT2D eigenvalue weighted by Crippen LogP contribution is 2.11. The third kappa shape index (κ3) is 2.24. The third-order valence-corrected chi connectivity index (χ3v) is 1.56. The summed E-state index contributed by atoms with van der Waals surface area (Å²) in [5.74, 6) is 1.12. The molecule has 0 atom stereocenters. The van der Waals surface area contributed by atoms with Gasteiger partial charge in [0.25, 0.3) is 0 Å². The van der Waals surface area contributed by atoms with Crippen LogP contribution in [0.25, 0.3) is 0 Å². The van der Waals surface area contributed by atoms with Gasteiger partial charge in [-0.15, -0.1) is 28.7 Å². The van der Waals surface area contributed by atoms with Gasteiger partial charge < -0.3 is 4.90 Å². The fourth-order valence-corrected chi connectivity index (χ4v) is 1.05. The van der Waals surface area contributed by atoms with Crippen molar-refractivity contribution < 1.29 is 0 Å². The number of thioether (sulfide) groups is 1. The zero-order chi connectivity index (χ0) is 4.41. The smallest absolute Gasteiger partial charge is 0.0671 e. The number of nitrogens with zero attached hydrogens (tertiary/aromatic N) is 1. The Bertz CT molecular complexity index is 74.1. The van der Waals surface area contributed by atoms with Crippen LogP contribution in [0.3, 0.4) is 0 Å². The normalized spacial score (nSPS) is 17.0. The Morgan fingerprint density at radius 1 is 1.71 bits per heavy atom. The lowest BCUT2D eigenvalue weighted by Gasteiger charge is -2.01. The number of halogens is 1. The van der Waals surface area contributed by atoms with Gasteiger partial charge >= 0.3 is 0 Å². The second kappa shape index (κ2) is 3.38. The summed E-state index contributed by atoms with van der Waals surface area (Å²) in [6.45, 7) is 0. The van der Waals surface area contributed by atoms with Gasteiger partial charge in [-0.1, -0.05) is 0 Å². The molecule has 0 saturated carbocycles. The molecule has 1 aliphatic heterocycles. The number of rotatable bonds is 0. The van der Waals surface area contributed by atoms with E-state index in [4.69, 9.17) is 0 Å². The second-order valence-corrected chi connectivity index (χ2v) is 2.20. The van der Waals surface area contributed by atoms with E-state index in [1.165, 1.54) is 0 Å². The van der Waals surface area contributed by atoms with Gasteiger partial charge in [0.15, 0.2) is 0 Å².